The van der Waals surface area contributed by atoms with E-state index < -0.39 is 11.6 Å². The number of ether oxygens (including phenoxy) is 1. The third kappa shape index (κ3) is 2.21. The van der Waals surface area contributed by atoms with E-state index in [0.717, 1.165) is 18.2 Å². The van der Waals surface area contributed by atoms with Crippen LogP contribution >= 0.6 is 0 Å². The second-order valence-corrected chi connectivity index (χ2v) is 3.58. The second-order valence-electron chi connectivity index (χ2n) is 3.58. The molecule has 1 aromatic rings. The number of Topliss-reactive ketones (excluding diaryl/α,β-unsaturated/α-hetero) is 1. The summed E-state index contributed by atoms with van der Waals surface area (Å²) in [4.78, 5) is 11.7. The van der Waals surface area contributed by atoms with E-state index in [9.17, 15) is 13.6 Å². The van der Waals surface area contributed by atoms with Gasteiger partial charge in [0.1, 0.15) is 11.6 Å². The molecule has 1 heterocycles. The van der Waals surface area contributed by atoms with Crippen molar-refractivity contribution in [3.8, 4) is 0 Å². The van der Waals surface area contributed by atoms with Gasteiger partial charge < -0.3 is 4.74 Å². The summed E-state index contributed by atoms with van der Waals surface area (Å²) in [7, 11) is 0. The van der Waals surface area contributed by atoms with Gasteiger partial charge in [-0.05, 0) is 18.6 Å². The minimum atomic E-state index is -0.725. The topological polar surface area (TPSA) is 26.3 Å². The van der Waals surface area contributed by atoms with Crippen molar-refractivity contribution in [1.29, 1.82) is 0 Å². The first kappa shape index (κ1) is 10.2. The van der Waals surface area contributed by atoms with Crippen LogP contribution in [0.2, 0.25) is 0 Å². The van der Waals surface area contributed by atoms with Crippen molar-refractivity contribution >= 4 is 5.78 Å². The van der Waals surface area contributed by atoms with E-state index in [2.05, 4.69) is 0 Å². The second kappa shape index (κ2) is 4.06. The van der Waals surface area contributed by atoms with E-state index in [-0.39, 0.29) is 17.3 Å². The van der Waals surface area contributed by atoms with Gasteiger partial charge in [-0.1, -0.05) is 0 Å². The van der Waals surface area contributed by atoms with Crippen molar-refractivity contribution in [3.05, 3.63) is 35.4 Å². The molecule has 2 nitrogen and oxygen atoms in total. The van der Waals surface area contributed by atoms with Gasteiger partial charge in [-0.2, -0.15) is 0 Å². The lowest BCUT2D eigenvalue weighted by Gasteiger charge is -2.06. The maximum absolute atomic E-state index is 12.9. The van der Waals surface area contributed by atoms with E-state index >= 15 is 0 Å². The Morgan fingerprint density at radius 3 is 2.47 bits per heavy atom. The molecule has 0 aromatic heterocycles. The first-order valence-corrected chi connectivity index (χ1v) is 4.75. The lowest BCUT2D eigenvalue weighted by molar-refractivity contribution is 0.0899. The molecule has 1 unspecified atom stereocenters. The van der Waals surface area contributed by atoms with Crippen LogP contribution < -0.4 is 0 Å². The number of halogens is 2. The number of benzene rings is 1. The number of carbonyl (C=O) groups excluding carboxylic acids is 1. The molecule has 1 atom stereocenters. The Bertz CT molecular complexity index is 364. The fourth-order valence-electron chi connectivity index (χ4n) is 1.67. The molecule has 1 fully saturated rings. The van der Waals surface area contributed by atoms with E-state index in [1.54, 1.807) is 0 Å². The predicted molar refractivity (Wildman–Crippen MR) is 49.6 cm³/mol. The van der Waals surface area contributed by atoms with Crippen molar-refractivity contribution in [2.24, 2.45) is 5.92 Å². The minimum Gasteiger partial charge on any atom is -0.381 e. The van der Waals surface area contributed by atoms with Crippen LogP contribution in [-0.4, -0.2) is 19.0 Å². The highest BCUT2D eigenvalue weighted by atomic mass is 19.1. The van der Waals surface area contributed by atoms with E-state index in [0.29, 0.717) is 19.6 Å². The molecule has 0 spiro atoms. The van der Waals surface area contributed by atoms with Crippen LogP contribution in [0.3, 0.4) is 0 Å². The Morgan fingerprint density at radius 2 is 1.93 bits per heavy atom. The summed E-state index contributed by atoms with van der Waals surface area (Å²) in [6.45, 7) is 0.880. The summed E-state index contributed by atoms with van der Waals surface area (Å²) < 4.78 is 30.8. The van der Waals surface area contributed by atoms with Crippen LogP contribution in [0.4, 0.5) is 8.78 Å². The molecule has 0 saturated carbocycles. The van der Waals surface area contributed by atoms with Gasteiger partial charge in [0.2, 0.25) is 0 Å². The Morgan fingerprint density at radius 1 is 1.27 bits per heavy atom. The van der Waals surface area contributed by atoms with Crippen LogP contribution in [-0.2, 0) is 4.74 Å². The van der Waals surface area contributed by atoms with Crippen molar-refractivity contribution < 1.29 is 18.3 Å². The average Bonchev–Trinajstić information content (AvgIpc) is 2.67. The molecule has 4 heteroatoms. The first-order chi connectivity index (χ1) is 7.16. The van der Waals surface area contributed by atoms with Crippen LogP contribution in [0.15, 0.2) is 18.2 Å². The van der Waals surface area contributed by atoms with Gasteiger partial charge in [-0.3, -0.25) is 4.79 Å². The molecule has 15 heavy (non-hydrogen) atoms. The van der Waals surface area contributed by atoms with Gasteiger partial charge in [0.25, 0.3) is 0 Å². The first-order valence-electron chi connectivity index (χ1n) is 4.75. The zero-order valence-corrected chi connectivity index (χ0v) is 8.00. The van der Waals surface area contributed by atoms with Crippen molar-refractivity contribution in [2.75, 3.05) is 13.2 Å². The molecule has 80 valence electrons. The van der Waals surface area contributed by atoms with Crippen LogP contribution in [0.25, 0.3) is 0 Å². The molecule has 1 aliphatic rings. The number of hydrogen-bond donors (Lipinski definition) is 0. The zero-order chi connectivity index (χ0) is 10.8. The summed E-state index contributed by atoms with van der Waals surface area (Å²) >= 11 is 0. The lowest BCUT2D eigenvalue weighted by atomic mass is 9.97. The summed E-state index contributed by atoms with van der Waals surface area (Å²) in [6.07, 6.45) is 0.622. The quantitative estimate of drug-likeness (QED) is 0.702. The zero-order valence-electron chi connectivity index (χ0n) is 8.00. The van der Waals surface area contributed by atoms with Crippen molar-refractivity contribution in [1.82, 2.24) is 0 Å². The lowest BCUT2D eigenvalue weighted by Crippen LogP contribution is -2.15. The fourth-order valence-corrected chi connectivity index (χ4v) is 1.67. The van der Waals surface area contributed by atoms with Gasteiger partial charge in [0.05, 0.1) is 6.61 Å². The molecule has 0 aliphatic carbocycles. The Hall–Kier alpha value is -1.29. The van der Waals surface area contributed by atoms with E-state index in [1.807, 2.05) is 0 Å². The maximum Gasteiger partial charge on any atom is 0.168 e. The molecular weight excluding hydrogens is 202 g/mol. The maximum atomic E-state index is 12.9. The number of rotatable bonds is 2. The normalized spacial score (nSPS) is 20.5. The van der Waals surface area contributed by atoms with Crippen molar-refractivity contribution in [3.63, 3.8) is 0 Å². The summed E-state index contributed by atoms with van der Waals surface area (Å²) in [5.74, 6) is -1.95. The Kier molecular flexibility index (Phi) is 2.77. The van der Waals surface area contributed by atoms with Gasteiger partial charge in [-0.25, -0.2) is 8.78 Å². The monoisotopic (exact) mass is 212 g/mol. The predicted octanol–water partition coefficient (Wildman–Crippen LogP) is 2.18. The number of hydrogen-bond acceptors (Lipinski definition) is 2. The summed E-state index contributed by atoms with van der Waals surface area (Å²) in [6, 6.07) is 2.87. The average molecular weight is 212 g/mol. The largest absolute Gasteiger partial charge is 0.381 e. The van der Waals surface area contributed by atoms with Crippen LogP contribution in [0.1, 0.15) is 16.8 Å². The number of ketones is 1. The minimum absolute atomic E-state index is 0.0861. The molecule has 2 rings (SSSR count). The highest BCUT2D eigenvalue weighted by Gasteiger charge is 2.25. The van der Waals surface area contributed by atoms with E-state index in [4.69, 9.17) is 4.74 Å². The standard InChI is InChI=1S/C11H10F2O2/c12-9-3-8(4-10(13)5-9)11(14)7-1-2-15-6-7/h3-5,7H,1-2,6H2. The molecule has 0 radical (unpaired) electrons. The summed E-state index contributed by atoms with van der Waals surface area (Å²) in [5, 5.41) is 0. The highest BCUT2D eigenvalue weighted by molar-refractivity contribution is 5.98. The van der Waals surface area contributed by atoms with E-state index in [1.165, 1.54) is 0 Å². The van der Waals surface area contributed by atoms with Crippen molar-refractivity contribution in [2.45, 2.75) is 6.42 Å². The highest BCUT2D eigenvalue weighted by Crippen LogP contribution is 2.19. The Labute approximate surface area is 85.9 Å². The molecular formula is C11H10F2O2. The molecule has 1 aliphatic heterocycles. The Balaban J connectivity index is 2.24. The smallest absolute Gasteiger partial charge is 0.168 e. The van der Waals surface area contributed by atoms with Gasteiger partial charge in [0.15, 0.2) is 5.78 Å². The third-order valence-electron chi connectivity index (χ3n) is 2.45. The SMILES string of the molecule is O=C(c1cc(F)cc(F)c1)C1CCOC1. The van der Waals surface area contributed by atoms with Gasteiger partial charge >= 0.3 is 0 Å². The molecule has 1 aromatic carbocycles. The third-order valence-corrected chi connectivity index (χ3v) is 2.45. The molecule has 0 bridgehead atoms. The molecule has 0 N–H and O–H groups in total. The van der Waals surface area contributed by atoms with Crippen LogP contribution in [0, 0.1) is 17.6 Å². The molecule has 1 saturated heterocycles. The van der Waals surface area contributed by atoms with Gasteiger partial charge in [0, 0.05) is 24.2 Å². The molecule has 0 amide bonds. The number of carbonyl (C=O) groups is 1. The van der Waals surface area contributed by atoms with Crippen LogP contribution in [0.5, 0.6) is 0 Å². The fraction of sp³-hybridized carbons (Fsp3) is 0.364. The summed E-state index contributed by atoms with van der Waals surface area (Å²) in [5.41, 5.74) is 0.0861. The van der Waals surface area contributed by atoms with Gasteiger partial charge in [-0.15, -0.1) is 0 Å².